The second-order valence-corrected chi connectivity index (χ2v) is 4.79. The highest BCUT2D eigenvalue weighted by atomic mass is 19.4. The number of aromatic nitrogens is 4. The van der Waals surface area contributed by atoms with Crippen molar-refractivity contribution in [1.29, 1.82) is 0 Å². The lowest BCUT2D eigenvalue weighted by atomic mass is 10.1. The minimum atomic E-state index is -4.60. The Labute approximate surface area is 123 Å². The van der Waals surface area contributed by atoms with Crippen molar-refractivity contribution < 1.29 is 13.2 Å². The van der Waals surface area contributed by atoms with Crippen molar-refractivity contribution in [3.05, 3.63) is 53.3 Å². The van der Waals surface area contributed by atoms with Gasteiger partial charge >= 0.3 is 6.18 Å². The van der Waals surface area contributed by atoms with Gasteiger partial charge in [0.15, 0.2) is 5.65 Å². The van der Waals surface area contributed by atoms with Gasteiger partial charge in [0, 0.05) is 6.54 Å². The summed E-state index contributed by atoms with van der Waals surface area (Å²) in [5.41, 5.74) is 2.19. The molecule has 0 aliphatic heterocycles. The lowest BCUT2D eigenvalue weighted by Gasteiger charge is -2.09. The first kappa shape index (κ1) is 14.3. The van der Waals surface area contributed by atoms with Crippen LogP contribution in [-0.2, 0) is 12.7 Å². The van der Waals surface area contributed by atoms with Crippen LogP contribution in [0, 0.1) is 6.92 Å². The molecule has 0 atom stereocenters. The van der Waals surface area contributed by atoms with Crippen LogP contribution < -0.4 is 5.32 Å². The van der Waals surface area contributed by atoms with Gasteiger partial charge in [-0.15, -0.1) is 15.3 Å². The number of fused-ring (bicyclic) bond motifs is 1. The fourth-order valence-electron chi connectivity index (χ4n) is 2.05. The third kappa shape index (κ3) is 2.72. The fraction of sp³-hybridized carbons (Fsp3) is 0.214. The summed E-state index contributed by atoms with van der Waals surface area (Å²) in [5.74, 6) is -0.817. The Morgan fingerprint density at radius 2 is 1.86 bits per heavy atom. The lowest BCUT2D eigenvalue weighted by molar-refractivity contribution is -0.146. The number of hydrogen-bond donors (Lipinski definition) is 1. The third-order valence-corrected chi connectivity index (χ3v) is 3.24. The van der Waals surface area contributed by atoms with Gasteiger partial charge in [0.2, 0.25) is 0 Å². The summed E-state index contributed by atoms with van der Waals surface area (Å²) < 4.78 is 39.1. The van der Waals surface area contributed by atoms with E-state index in [4.69, 9.17) is 0 Å². The molecule has 1 N–H and O–H groups in total. The summed E-state index contributed by atoms with van der Waals surface area (Å²) in [5, 5.41) is 13.5. The van der Waals surface area contributed by atoms with E-state index in [2.05, 4.69) is 20.6 Å². The van der Waals surface area contributed by atoms with Crippen LogP contribution >= 0.6 is 0 Å². The molecule has 0 aliphatic carbocycles. The molecule has 2 aromatic heterocycles. The second kappa shape index (κ2) is 5.28. The highest BCUT2D eigenvalue weighted by molar-refractivity contribution is 5.44. The van der Waals surface area contributed by atoms with Crippen LogP contribution in [0.3, 0.4) is 0 Å². The SMILES string of the molecule is Cc1ccccc1CNc1ccc2nnc(C(F)(F)F)n2n1. The molecule has 0 bridgehead atoms. The Hall–Kier alpha value is -2.64. The molecule has 8 heteroatoms. The van der Waals surface area contributed by atoms with Crippen molar-refractivity contribution in [2.75, 3.05) is 5.32 Å². The van der Waals surface area contributed by atoms with Crippen LogP contribution in [0.15, 0.2) is 36.4 Å². The summed E-state index contributed by atoms with van der Waals surface area (Å²) in [6, 6.07) is 10.8. The number of halogens is 3. The molecule has 0 spiro atoms. The second-order valence-electron chi connectivity index (χ2n) is 4.79. The molecule has 0 unspecified atom stereocenters. The van der Waals surface area contributed by atoms with Crippen LogP contribution in [0.5, 0.6) is 0 Å². The van der Waals surface area contributed by atoms with Gasteiger partial charge in [-0.25, -0.2) is 0 Å². The van der Waals surface area contributed by atoms with E-state index in [1.54, 1.807) is 6.07 Å². The van der Waals surface area contributed by atoms with Crippen LogP contribution in [0.25, 0.3) is 5.65 Å². The van der Waals surface area contributed by atoms with Gasteiger partial charge in [0.25, 0.3) is 5.82 Å². The summed E-state index contributed by atoms with van der Waals surface area (Å²) in [4.78, 5) is 0. The number of hydrogen-bond acceptors (Lipinski definition) is 4. The minimum Gasteiger partial charge on any atom is -0.365 e. The summed E-state index contributed by atoms with van der Waals surface area (Å²) in [6.07, 6.45) is -4.60. The molecule has 0 saturated carbocycles. The Balaban J connectivity index is 1.87. The molecule has 3 rings (SSSR count). The number of rotatable bonds is 3. The van der Waals surface area contributed by atoms with E-state index in [1.807, 2.05) is 31.2 Å². The van der Waals surface area contributed by atoms with Crippen molar-refractivity contribution >= 4 is 11.5 Å². The van der Waals surface area contributed by atoms with Crippen molar-refractivity contribution in [3.63, 3.8) is 0 Å². The van der Waals surface area contributed by atoms with E-state index in [0.717, 1.165) is 11.1 Å². The molecule has 0 aliphatic rings. The molecular formula is C14H12F3N5. The zero-order chi connectivity index (χ0) is 15.7. The number of alkyl halides is 3. The largest absolute Gasteiger partial charge is 0.453 e. The molecule has 3 aromatic rings. The summed E-state index contributed by atoms with van der Waals surface area (Å²) in [7, 11) is 0. The molecule has 5 nitrogen and oxygen atoms in total. The molecule has 0 saturated heterocycles. The van der Waals surface area contributed by atoms with Gasteiger partial charge in [-0.2, -0.15) is 17.7 Å². The van der Waals surface area contributed by atoms with Crippen molar-refractivity contribution in [1.82, 2.24) is 19.8 Å². The first-order valence-electron chi connectivity index (χ1n) is 6.53. The molecule has 1 aromatic carbocycles. The summed E-state index contributed by atoms with van der Waals surface area (Å²) in [6.45, 7) is 2.43. The van der Waals surface area contributed by atoms with Crippen LogP contribution in [0.1, 0.15) is 17.0 Å². The maximum absolute atomic E-state index is 12.8. The smallest absolute Gasteiger partial charge is 0.365 e. The Kier molecular flexibility index (Phi) is 3.44. The highest BCUT2D eigenvalue weighted by Gasteiger charge is 2.37. The van der Waals surface area contributed by atoms with Crippen LogP contribution in [-0.4, -0.2) is 19.8 Å². The average Bonchev–Trinajstić information content (AvgIpc) is 2.89. The van der Waals surface area contributed by atoms with Crippen molar-refractivity contribution in [2.45, 2.75) is 19.6 Å². The first-order chi connectivity index (χ1) is 10.4. The normalized spacial score (nSPS) is 11.8. The van der Waals surface area contributed by atoms with Gasteiger partial charge < -0.3 is 5.32 Å². The Bertz CT molecular complexity index is 810. The van der Waals surface area contributed by atoms with Crippen LogP contribution in [0.2, 0.25) is 0 Å². The average molecular weight is 307 g/mol. The standard InChI is InChI=1S/C14H12F3N5/c1-9-4-2-3-5-10(9)8-18-11-6-7-12-19-20-13(14(15,16)17)22(12)21-11/h2-7H,8H2,1H3,(H,18,21). The predicted molar refractivity (Wildman–Crippen MR) is 74.3 cm³/mol. The van der Waals surface area contributed by atoms with E-state index in [-0.39, 0.29) is 5.65 Å². The quantitative estimate of drug-likeness (QED) is 0.808. The number of anilines is 1. The van der Waals surface area contributed by atoms with E-state index in [1.165, 1.54) is 6.07 Å². The van der Waals surface area contributed by atoms with E-state index < -0.39 is 12.0 Å². The maximum Gasteiger partial charge on any atom is 0.453 e. The number of nitrogens with zero attached hydrogens (tertiary/aromatic N) is 4. The molecule has 114 valence electrons. The Morgan fingerprint density at radius 1 is 1.09 bits per heavy atom. The number of benzene rings is 1. The van der Waals surface area contributed by atoms with Gasteiger partial charge in [-0.3, -0.25) is 0 Å². The molecule has 0 radical (unpaired) electrons. The molecule has 2 heterocycles. The number of aryl methyl sites for hydroxylation is 1. The van der Waals surface area contributed by atoms with E-state index in [9.17, 15) is 13.2 Å². The van der Waals surface area contributed by atoms with E-state index in [0.29, 0.717) is 16.9 Å². The molecule has 0 fully saturated rings. The number of nitrogens with one attached hydrogen (secondary N) is 1. The van der Waals surface area contributed by atoms with Crippen LogP contribution in [0.4, 0.5) is 19.0 Å². The lowest BCUT2D eigenvalue weighted by Crippen LogP contribution is -2.13. The monoisotopic (exact) mass is 307 g/mol. The van der Waals surface area contributed by atoms with Gasteiger partial charge in [-0.05, 0) is 30.2 Å². The zero-order valence-electron chi connectivity index (χ0n) is 11.6. The summed E-state index contributed by atoms with van der Waals surface area (Å²) >= 11 is 0. The van der Waals surface area contributed by atoms with Crippen molar-refractivity contribution in [2.24, 2.45) is 0 Å². The predicted octanol–water partition coefficient (Wildman–Crippen LogP) is 3.06. The van der Waals surface area contributed by atoms with Gasteiger partial charge in [-0.1, -0.05) is 24.3 Å². The molecule has 0 amide bonds. The fourth-order valence-corrected chi connectivity index (χ4v) is 2.05. The highest BCUT2D eigenvalue weighted by Crippen LogP contribution is 2.27. The maximum atomic E-state index is 12.8. The molecule has 22 heavy (non-hydrogen) atoms. The first-order valence-corrected chi connectivity index (χ1v) is 6.53. The van der Waals surface area contributed by atoms with E-state index >= 15 is 0 Å². The Morgan fingerprint density at radius 3 is 2.59 bits per heavy atom. The topological polar surface area (TPSA) is 55.1 Å². The molecular weight excluding hydrogens is 295 g/mol. The third-order valence-electron chi connectivity index (χ3n) is 3.24. The van der Waals surface area contributed by atoms with Gasteiger partial charge in [0.05, 0.1) is 0 Å². The minimum absolute atomic E-state index is 0.0498. The van der Waals surface area contributed by atoms with Gasteiger partial charge in [0.1, 0.15) is 5.82 Å². The zero-order valence-corrected chi connectivity index (χ0v) is 11.6. The van der Waals surface area contributed by atoms with Crippen molar-refractivity contribution in [3.8, 4) is 0 Å².